The van der Waals surface area contributed by atoms with Crippen LogP contribution in [0.4, 0.5) is 4.79 Å². The Bertz CT molecular complexity index is 1530. The van der Waals surface area contributed by atoms with Crippen molar-refractivity contribution in [1.82, 2.24) is 14.9 Å². The highest BCUT2D eigenvalue weighted by Crippen LogP contribution is 2.50. The first-order valence-corrected chi connectivity index (χ1v) is 15.8. The molecule has 0 bridgehead atoms. The lowest BCUT2D eigenvalue weighted by Gasteiger charge is -2.42. The van der Waals surface area contributed by atoms with Crippen molar-refractivity contribution in [3.8, 4) is 17.0 Å². The molecule has 4 heterocycles. The van der Waals surface area contributed by atoms with E-state index in [0.717, 1.165) is 59.7 Å². The quantitative estimate of drug-likeness (QED) is 0.398. The van der Waals surface area contributed by atoms with E-state index >= 15 is 0 Å². The molecule has 1 aromatic carbocycles. The van der Waals surface area contributed by atoms with Crippen molar-refractivity contribution in [3.05, 3.63) is 58.5 Å². The molecule has 0 saturated carbocycles. The number of amides is 1. The van der Waals surface area contributed by atoms with Gasteiger partial charge < -0.3 is 23.8 Å². The van der Waals surface area contributed by atoms with E-state index in [4.69, 9.17) is 23.8 Å². The third-order valence-electron chi connectivity index (χ3n) is 10.4. The number of fused-ring (bicyclic) bond motifs is 6. The molecule has 0 radical (unpaired) electrons. The molecule has 9 heteroatoms. The summed E-state index contributed by atoms with van der Waals surface area (Å²) in [5.41, 5.74) is 5.33. The first kappa shape index (κ1) is 28.7. The number of aromatic nitrogens is 2. The highest BCUT2D eigenvalue weighted by molar-refractivity contribution is 6.55. The van der Waals surface area contributed by atoms with Gasteiger partial charge in [-0.05, 0) is 91.3 Å². The second-order valence-electron chi connectivity index (χ2n) is 15.1. The summed E-state index contributed by atoms with van der Waals surface area (Å²) in [6.45, 7) is 17.6. The number of imidazole rings is 1. The van der Waals surface area contributed by atoms with Gasteiger partial charge in [-0.2, -0.15) is 0 Å². The number of hydrogen-bond donors (Lipinski definition) is 1. The first-order chi connectivity index (χ1) is 20.2. The van der Waals surface area contributed by atoms with Gasteiger partial charge >= 0.3 is 13.2 Å². The van der Waals surface area contributed by atoms with E-state index < -0.39 is 5.60 Å². The van der Waals surface area contributed by atoms with Gasteiger partial charge in [0.1, 0.15) is 17.2 Å². The molecule has 5 aliphatic rings. The van der Waals surface area contributed by atoms with E-state index in [1.807, 2.05) is 25.7 Å². The second-order valence-corrected chi connectivity index (χ2v) is 15.1. The van der Waals surface area contributed by atoms with Crippen molar-refractivity contribution < 1.29 is 23.6 Å². The summed E-state index contributed by atoms with van der Waals surface area (Å²) in [4.78, 5) is 23.5. The molecule has 3 aliphatic heterocycles. The van der Waals surface area contributed by atoms with Crippen molar-refractivity contribution >= 4 is 13.2 Å². The number of ether oxygens (including phenoxy) is 2. The Morgan fingerprint density at radius 1 is 1.12 bits per heavy atom. The van der Waals surface area contributed by atoms with Crippen LogP contribution in [0.15, 0.2) is 35.8 Å². The van der Waals surface area contributed by atoms with E-state index in [-0.39, 0.29) is 41.8 Å². The molecule has 43 heavy (non-hydrogen) atoms. The van der Waals surface area contributed by atoms with Crippen molar-refractivity contribution in [2.24, 2.45) is 5.92 Å². The summed E-state index contributed by atoms with van der Waals surface area (Å²) in [6, 6.07) is 4.43. The van der Waals surface area contributed by atoms with Gasteiger partial charge in [0.2, 0.25) is 0 Å². The van der Waals surface area contributed by atoms with Gasteiger partial charge in [-0.15, -0.1) is 0 Å². The second kappa shape index (κ2) is 9.48. The van der Waals surface area contributed by atoms with Gasteiger partial charge in [0, 0.05) is 34.7 Å². The van der Waals surface area contributed by atoms with E-state index in [1.54, 1.807) is 0 Å². The lowest BCUT2D eigenvalue weighted by molar-refractivity contribution is 0.00578. The topological polar surface area (TPSA) is 85.9 Å². The van der Waals surface area contributed by atoms with Gasteiger partial charge in [-0.3, -0.25) is 4.90 Å². The summed E-state index contributed by atoms with van der Waals surface area (Å²) in [5, 5.41) is 0. The minimum Gasteiger partial charge on any atom is -0.493 e. The molecule has 2 unspecified atom stereocenters. The number of likely N-dealkylation sites (tertiary alicyclic amines) is 1. The van der Waals surface area contributed by atoms with Crippen LogP contribution >= 0.6 is 0 Å². The zero-order valence-corrected chi connectivity index (χ0v) is 26.8. The predicted octanol–water partition coefficient (Wildman–Crippen LogP) is 6.64. The van der Waals surface area contributed by atoms with Crippen molar-refractivity contribution in [3.63, 3.8) is 0 Å². The van der Waals surface area contributed by atoms with E-state index in [9.17, 15) is 4.79 Å². The zero-order chi connectivity index (χ0) is 30.5. The molecule has 3 atom stereocenters. The first-order valence-electron chi connectivity index (χ1n) is 15.8. The number of aryl methyl sites for hydroxylation is 2. The van der Waals surface area contributed by atoms with Gasteiger partial charge in [0.25, 0.3) is 0 Å². The summed E-state index contributed by atoms with van der Waals surface area (Å²) < 4.78 is 24.9. The fraction of sp³-hybridized carbons (Fsp3) is 0.588. The number of carbonyl (C=O) groups excluding carboxylic acids is 1. The minimum absolute atomic E-state index is 0.102. The predicted molar refractivity (Wildman–Crippen MR) is 166 cm³/mol. The molecule has 1 N–H and O–H groups in total. The van der Waals surface area contributed by atoms with Gasteiger partial charge in [0.05, 0.1) is 29.5 Å². The number of allylic oxidation sites excluding steroid dienone is 3. The average molecular weight is 586 g/mol. The van der Waals surface area contributed by atoms with Gasteiger partial charge in [-0.25, -0.2) is 9.78 Å². The molecular weight excluding hydrogens is 541 g/mol. The molecule has 2 saturated heterocycles. The molecule has 0 spiro atoms. The monoisotopic (exact) mass is 585 g/mol. The average Bonchev–Trinajstić information content (AvgIpc) is 3.62. The lowest BCUT2D eigenvalue weighted by atomic mass is 9.62. The highest BCUT2D eigenvalue weighted by Gasteiger charge is 2.53. The van der Waals surface area contributed by atoms with Crippen molar-refractivity contribution in [2.75, 3.05) is 13.2 Å². The number of nitrogens with one attached hydrogen (secondary N) is 1. The lowest BCUT2D eigenvalue weighted by Crippen LogP contribution is -2.41. The number of nitrogens with zero attached hydrogens (tertiary/aromatic N) is 2. The smallest absolute Gasteiger partial charge is 0.493 e. The molecule has 1 aromatic heterocycles. The maximum absolute atomic E-state index is 13.0. The Balaban J connectivity index is 1.16. The van der Waals surface area contributed by atoms with Crippen LogP contribution in [0.3, 0.4) is 0 Å². The van der Waals surface area contributed by atoms with Crippen molar-refractivity contribution in [1.29, 1.82) is 0 Å². The molecule has 8 nitrogen and oxygen atoms in total. The normalized spacial score (nSPS) is 28.4. The van der Waals surface area contributed by atoms with Crippen LogP contribution in [0.5, 0.6) is 5.75 Å². The fourth-order valence-electron chi connectivity index (χ4n) is 7.11. The van der Waals surface area contributed by atoms with Crippen LogP contribution in [0.25, 0.3) is 11.3 Å². The molecule has 2 fully saturated rings. The van der Waals surface area contributed by atoms with E-state index in [2.05, 4.69) is 70.0 Å². The number of rotatable bonds is 2. The number of carbonyl (C=O) groups is 1. The van der Waals surface area contributed by atoms with Crippen LogP contribution in [0.1, 0.15) is 96.9 Å². The van der Waals surface area contributed by atoms with E-state index in [1.165, 1.54) is 11.1 Å². The Labute approximate surface area is 255 Å². The highest BCUT2D eigenvalue weighted by atomic mass is 16.7. The summed E-state index contributed by atoms with van der Waals surface area (Å²) >= 11 is 0. The van der Waals surface area contributed by atoms with Crippen LogP contribution in [0.2, 0.25) is 0 Å². The number of benzene rings is 1. The molecule has 1 amide bonds. The molecular formula is C34H44BN3O5. The molecule has 2 aromatic rings. The standard InChI is InChI=1S/C34H44BN3O5/c1-31(2,3)41-30(39)38-15-9-10-26(38)29-36-25-12-11-20-16-24-27(18-23(20)28(25)37-29)40-19-21-17-22(13-14-34(21,24)8)35-42-32(4,5)33(6,7)43-35/h13-14,16-18,21,26H,9-12,15,19H2,1-8H3,(H,36,37)/t21?,26-,34?/m0/s1. The van der Waals surface area contributed by atoms with Gasteiger partial charge in [0.15, 0.2) is 0 Å². The third kappa shape index (κ3) is 4.65. The summed E-state index contributed by atoms with van der Waals surface area (Å²) in [6.07, 6.45) is 10.1. The Kier molecular flexibility index (Phi) is 6.33. The Morgan fingerprint density at radius 3 is 2.58 bits per heavy atom. The number of aromatic amines is 1. The van der Waals surface area contributed by atoms with Gasteiger partial charge in [-0.1, -0.05) is 31.2 Å². The number of hydrogen-bond acceptors (Lipinski definition) is 6. The van der Waals surface area contributed by atoms with Crippen LogP contribution in [-0.2, 0) is 32.3 Å². The maximum atomic E-state index is 13.0. The zero-order valence-electron chi connectivity index (χ0n) is 26.8. The molecule has 7 rings (SSSR count). The minimum atomic E-state index is -0.531. The fourth-order valence-corrected chi connectivity index (χ4v) is 7.11. The Hall–Kier alpha value is -3.04. The Morgan fingerprint density at radius 2 is 1.86 bits per heavy atom. The summed E-state index contributed by atoms with van der Waals surface area (Å²) in [7, 11) is -0.380. The van der Waals surface area contributed by atoms with Crippen LogP contribution < -0.4 is 4.74 Å². The third-order valence-corrected chi connectivity index (χ3v) is 10.4. The van der Waals surface area contributed by atoms with E-state index in [0.29, 0.717) is 13.2 Å². The SMILES string of the molecule is CC(C)(C)OC(=O)N1CCC[C@H]1c1nc2c([nH]1)CCc1cc3c(cc1-2)OCC1C=C(B2OC(C)(C)C(C)(C)O2)C=CC31C. The number of H-pyrrole nitrogens is 1. The largest absolute Gasteiger partial charge is 0.494 e. The maximum Gasteiger partial charge on any atom is 0.494 e. The summed E-state index contributed by atoms with van der Waals surface area (Å²) in [5.74, 6) is 1.94. The van der Waals surface area contributed by atoms with Crippen molar-refractivity contribution in [2.45, 2.75) is 109 Å². The molecule has 2 aliphatic carbocycles. The van der Waals surface area contributed by atoms with Crippen LogP contribution in [0, 0.1) is 5.92 Å². The van der Waals surface area contributed by atoms with Crippen LogP contribution in [-0.4, -0.2) is 58.0 Å². The molecule has 228 valence electrons.